The highest BCUT2D eigenvalue weighted by atomic mass is 79.9. The lowest BCUT2D eigenvalue weighted by Gasteiger charge is -1.91. The number of hydrogen-bond donors (Lipinski definition) is 1. The molecule has 0 radical (unpaired) electrons. The molecule has 0 atom stereocenters. The van der Waals surface area contributed by atoms with E-state index in [1.54, 1.807) is 0 Å². The van der Waals surface area contributed by atoms with Crippen LogP contribution >= 0.6 is 39.1 Å². The van der Waals surface area contributed by atoms with Gasteiger partial charge in [0.15, 0.2) is 0 Å². The van der Waals surface area contributed by atoms with E-state index in [-0.39, 0.29) is 10.9 Å². The molecule has 0 aromatic carbocycles. The smallest absolute Gasteiger partial charge is 0.337 e. The van der Waals surface area contributed by atoms with Crippen LogP contribution in [0.5, 0.6) is 0 Å². The maximum absolute atomic E-state index is 10.3. The average molecular weight is 287 g/mol. The Morgan fingerprint density at radius 1 is 1.54 bits per heavy atom. The monoisotopic (exact) mass is 285 g/mol. The molecule has 0 saturated heterocycles. The van der Waals surface area contributed by atoms with Gasteiger partial charge in [0.25, 0.3) is 0 Å². The molecule has 0 amide bonds. The minimum absolute atomic E-state index is 0.189. The summed E-state index contributed by atoms with van der Waals surface area (Å²) in [6.07, 6.45) is 2.83. The van der Waals surface area contributed by atoms with Crippen LogP contribution in [0, 0.1) is 0 Å². The van der Waals surface area contributed by atoms with E-state index in [0.29, 0.717) is 4.47 Å². The SMILES string of the molecule is ClCCl.O=C(O)c1cncc(Br)c1. The molecule has 13 heavy (non-hydrogen) atoms. The number of carboxylic acids is 1. The summed E-state index contributed by atoms with van der Waals surface area (Å²) in [5.74, 6) is -0.964. The average Bonchev–Trinajstić information content (AvgIpc) is 2.05. The third kappa shape index (κ3) is 5.85. The standard InChI is InChI=1S/C6H4BrNO2.CH2Cl2/c7-5-1-4(6(9)10)2-8-3-5;2-1-3/h1-3H,(H,9,10);1H2. The van der Waals surface area contributed by atoms with Crippen molar-refractivity contribution in [1.82, 2.24) is 4.98 Å². The number of rotatable bonds is 1. The van der Waals surface area contributed by atoms with E-state index < -0.39 is 5.97 Å². The second-order valence-electron chi connectivity index (χ2n) is 1.80. The summed E-state index contributed by atoms with van der Waals surface area (Å²) >= 11 is 12.6. The van der Waals surface area contributed by atoms with E-state index in [1.807, 2.05) is 0 Å². The van der Waals surface area contributed by atoms with E-state index in [9.17, 15) is 4.79 Å². The third-order valence-corrected chi connectivity index (χ3v) is 1.39. The van der Waals surface area contributed by atoms with Gasteiger partial charge in [-0.15, -0.1) is 23.2 Å². The highest BCUT2D eigenvalue weighted by Crippen LogP contribution is 2.08. The van der Waals surface area contributed by atoms with Gasteiger partial charge < -0.3 is 5.11 Å². The fourth-order valence-electron chi connectivity index (χ4n) is 0.529. The van der Waals surface area contributed by atoms with E-state index >= 15 is 0 Å². The number of aromatic carboxylic acids is 1. The number of nitrogens with zero attached hydrogens (tertiary/aromatic N) is 1. The predicted octanol–water partition coefficient (Wildman–Crippen LogP) is 2.96. The lowest BCUT2D eigenvalue weighted by molar-refractivity contribution is 0.0696. The van der Waals surface area contributed by atoms with Crippen molar-refractivity contribution >= 4 is 45.1 Å². The first-order valence-electron chi connectivity index (χ1n) is 3.07. The fraction of sp³-hybridized carbons (Fsp3) is 0.143. The molecule has 1 heterocycles. The van der Waals surface area contributed by atoms with Gasteiger partial charge in [-0.25, -0.2) is 4.79 Å². The zero-order valence-electron chi connectivity index (χ0n) is 6.38. The maximum Gasteiger partial charge on any atom is 0.337 e. The maximum atomic E-state index is 10.3. The van der Waals surface area contributed by atoms with Crippen LogP contribution in [-0.2, 0) is 0 Å². The molecule has 72 valence electrons. The van der Waals surface area contributed by atoms with Crippen LogP contribution in [0.3, 0.4) is 0 Å². The Hall–Kier alpha value is -0.320. The predicted molar refractivity (Wildman–Crippen MR) is 55.5 cm³/mol. The lowest BCUT2D eigenvalue weighted by Crippen LogP contribution is -1.95. The van der Waals surface area contributed by atoms with Crippen molar-refractivity contribution in [3.8, 4) is 0 Å². The molecule has 0 bridgehead atoms. The Bertz CT molecular complexity index is 283. The van der Waals surface area contributed by atoms with E-state index in [2.05, 4.69) is 20.9 Å². The second-order valence-corrected chi connectivity index (χ2v) is 3.52. The molecule has 1 rings (SSSR count). The van der Waals surface area contributed by atoms with Crippen LogP contribution in [0.25, 0.3) is 0 Å². The first kappa shape index (κ1) is 12.7. The van der Waals surface area contributed by atoms with Crippen molar-refractivity contribution < 1.29 is 9.90 Å². The summed E-state index contributed by atoms with van der Waals surface area (Å²) < 4.78 is 0.674. The molecular formula is C7H6BrCl2NO2. The van der Waals surface area contributed by atoms with Crippen molar-refractivity contribution in [3.63, 3.8) is 0 Å². The Kier molecular flexibility index (Phi) is 6.94. The van der Waals surface area contributed by atoms with Crippen LogP contribution in [0.2, 0.25) is 0 Å². The van der Waals surface area contributed by atoms with Crippen molar-refractivity contribution in [2.24, 2.45) is 0 Å². The van der Waals surface area contributed by atoms with Crippen molar-refractivity contribution in [3.05, 3.63) is 28.5 Å². The minimum Gasteiger partial charge on any atom is -0.478 e. The van der Waals surface area contributed by atoms with Crippen molar-refractivity contribution in [1.29, 1.82) is 0 Å². The number of halogens is 3. The van der Waals surface area contributed by atoms with Crippen LogP contribution in [-0.4, -0.2) is 21.4 Å². The molecule has 1 N–H and O–H groups in total. The molecule has 0 saturated carbocycles. The van der Waals surface area contributed by atoms with Crippen LogP contribution in [0.15, 0.2) is 22.9 Å². The summed E-state index contributed by atoms with van der Waals surface area (Å²) in [5, 5.41) is 8.64. The molecule has 0 spiro atoms. The van der Waals surface area contributed by atoms with Crippen molar-refractivity contribution in [2.75, 3.05) is 5.34 Å². The van der Waals surface area contributed by atoms with E-state index in [0.717, 1.165) is 0 Å². The molecule has 0 fully saturated rings. The minimum atomic E-state index is -0.964. The summed E-state index contributed by atoms with van der Waals surface area (Å²) in [6.45, 7) is 0. The van der Waals surface area contributed by atoms with Crippen molar-refractivity contribution in [2.45, 2.75) is 0 Å². The Balaban J connectivity index is 0.000000424. The van der Waals surface area contributed by atoms with Gasteiger partial charge in [-0.1, -0.05) is 0 Å². The van der Waals surface area contributed by atoms with Gasteiger partial charge in [-0.05, 0) is 22.0 Å². The fourth-order valence-corrected chi connectivity index (χ4v) is 0.894. The van der Waals surface area contributed by atoms with Gasteiger partial charge in [0.1, 0.15) is 0 Å². The molecule has 1 aromatic heterocycles. The topological polar surface area (TPSA) is 50.2 Å². The lowest BCUT2D eigenvalue weighted by atomic mass is 10.3. The molecule has 0 aliphatic carbocycles. The van der Waals surface area contributed by atoms with Crippen LogP contribution in [0.1, 0.15) is 10.4 Å². The van der Waals surface area contributed by atoms with Crippen LogP contribution in [0.4, 0.5) is 0 Å². The Morgan fingerprint density at radius 2 is 2.08 bits per heavy atom. The summed E-state index contributed by atoms with van der Waals surface area (Å²) in [5.41, 5.74) is 0.189. The highest BCUT2D eigenvalue weighted by molar-refractivity contribution is 9.10. The van der Waals surface area contributed by atoms with Gasteiger partial charge in [-0.2, -0.15) is 0 Å². The normalized spacial score (nSPS) is 8.54. The molecule has 0 unspecified atom stereocenters. The number of alkyl halides is 2. The van der Waals surface area contributed by atoms with Crippen LogP contribution < -0.4 is 0 Å². The number of hydrogen-bond acceptors (Lipinski definition) is 2. The molecule has 3 nitrogen and oxygen atoms in total. The Morgan fingerprint density at radius 3 is 2.38 bits per heavy atom. The Labute approximate surface area is 93.8 Å². The van der Waals surface area contributed by atoms with Gasteiger partial charge >= 0.3 is 5.97 Å². The van der Waals surface area contributed by atoms with E-state index in [4.69, 9.17) is 28.3 Å². The molecule has 1 aromatic rings. The van der Waals surface area contributed by atoms with Gasteiger partial charge in [0, 0.05) is 16.9 Å². The summed E-state index contributed by atoms with van der Waals surface area (Å²) in [7, 11) is 0. The first-order valence-corrected chi connectivity index (χ1v) is 4.93. The highest BCUT2D eigenvalue weighted by Gasteiger charge is 2.01. The summed E-state index contributed by atoms with van der Waals surface area (Å²) in [4.78, 5) is 14.0. The first-order chi connectivity index (χ1) is 6.11. The van der Waals surface area contributed by atoms with Gasteiger partial charge in [0.05, 0.1) is 10.9 Å². The van der Waals surface area contributed by atoms with Gasteiger partial charge in [0.2, 0.25) is 0 Å². The largest absolute Gasteiger partial charge is 0.478 e. The van der Waals surface area contributed by atoms with Gasteiger partial charge in [-0.3, -0.25) is 4.98 Å². The zero-order valence-corrected chi connectivity index (χ0v) is 9.47. The second kappa shape index (κ2) is 7.12. The molecule has 6 heteroatoms. The number of carbonyl (C=O) groups is 1. The van der Waals surface area contributed by atoms with E-state index in [1.165, 1.54) is 18.5 Å². The molecule has 0 aliphatic heterocycles. The number of aromatic nitrogens is 1. The molecular weight excluding hydrogens is 281 g/mol. The quantitative estimate of drug-likeness (QED) is 0.808. The number of carboxylic acid groups (broad SMARTS) is 1. The number of pyridine rings is 1. The molecule has 0 aliphatic rings. The zero-order chi connectivity index (χ0) is 10.3. The third-order valence-electron chi connectivity index (χ3n) is 0.952. The summed E-state index contributed by atoms with van der Waals surface area (Å²) in [6, 6.07) is 1.50.